The lowest BCUT2D eigenvalue weighted by Gasteiger charge is -2.24. The summed E-state index contributed by atoms with van der Waals surface area (Å²) >= 11 is 1.43. The zero-order chi connectivity index (χ0) is 20.4. The van der Waals surface area contributed by atoms with E-state index in [-0.39, 0.29) is 11.3 Å². The number of carbonyl (C=O) groups excluding carboxylic acids is 2. The van der Waals surface area contributed by atoms with Crippen molar-refractivity contribution in [2.75, 3.05) is 11.5 Å². The Labute approximate surface area is 172 Å². The van der Waals surface area contributed by atoms with Crippen LogP contribution in [0.1, 0.15) is 23.4 Å². The third kappa shape index (κ3) is 3.43. The van der Waals surface area contributed by atoms with E-state index in [1.165, 1.54) is 16.2 Å². The molecule has 0 aliphatic carbocycles. The Morgan fingerprint density at radius 3 is 2.55 bits per heavy atom. The Balaban J connectivity index is 1.89. The predicted octanol–water partition coefficient (Wildman–Crippen LogP) is 4.77. The average Bonchev–Trinajstić information content (AvgIpc) is 3.36. The van der Waals surface area contributed by atoms with Gasteiger partial charge < -0.3 is 9.84 Å². The highest BCUT2D eigenvalue weighted by atomic mass is 32.1. The quantitative estimate of drug-likeness (QED) is 0.377. The smallest absolute Gasteiger partial charge is 0.300 e. The molecule has 0 saturated carbocycles. The molecule has 2 aromatic carbocycles. The minimum Gasteiger partial charge on any atom is -0.507 e. The first-order valence-electron chi connectivity index (χ1n) is 9.24. The average molecular weight is 405 g/mol. The molecule has 6 heteroatoms. The molecule has 1 aromatic heterocycles. The number of nitrogens with zero attached hydrogens (tertiary/aromatic N) is 1. The van der Waals surface area contributed by atoms with Crippen LogP contribution in [0.2, 0.25) is 0 Å². The second kappa shape index (κ2) is 7.93. The van der Waals surface area contributed by atoms with Gasteiger partial charge in [-0.25, -0.2) is 0 Å². The molecular weight excluding hydrogens is 386 g/mol. The summed E-state index contributed by atoms with van der Waals surface area (Å²) in [6.07, 6.45) is 0. The zero-order valence-corrected chi connectivity index (χ0v) is 16.6. The van der Waals surface area contributed by atoms with E-state index in [1.54, 1.807) is 48.5 Å². The van der Waals surface area contributed by atoms with Crippen molar-refractivity contribution in [2.24, 2.45) is 0 Å². The van der Waals surface area contributed by atoms with Crippen LogP contribution in [-0.4, -0.2) is 23.4 Å². The highest BCUT2D eigenvalue weighted by Crippen LogP contribution is 2.44. The summed E-state index contributed by atoms with van der Waals surface area (Å²) in [5, 5.41) is 12.8. The Morgan fingerprint density at radius 2 is 1.86 bits per heavy atom. The topological polar surface area (TPSA) is 66.8 Å². The fourth-order valence-electron chi connectivity index (χ4n) is 3.46. The van der Waals surface area contributed by atoms with Gasteiger partial charge >= 0.3 is 0 Å². The van der Waals surface area contributed by atoms with Gasteiger partial charge in [-0.15, -0.1) is 11.3 Å². The van der Waals surface area contributed by atoms with E-state index >= 15 is 0 Å². The highest BCUT2D eigenvalue weighted by molar-refractivity contribution is 7.10. The number of rotatable bonds is 5. The highest BCUT2D eigenvalue weighted by Gasteiger charge is 2.47. The van der Waals surface area contributed by atoms with Crippen LogP contribution in [0.3, 0.4) is 0 Å². The molecule has 3 aromatic rings. The van der Waals surface area contributed by atoms with E-state index in [4.69, 9.17) is 4.74 Å². The first-order chi connectivity index (χ1) is 14.1. The monoisotopic (exact) mass is 405 g/mol. The van der Waals surface area contributed by atoms with Gasteiger partial charge in [0, 0.05) is 22.2 Å². The van der Waals surface area contributed by atoms with Crippen LogP contribution in [0.15, 0.2) is 77.7 Å². The minimum absolute atomic E-state index is 0.0884. The molecule has 1 amide bonds. The van der Waals surface area contributed by atoms with Crippen LogP contribution in [0.25, 0.3) is 5.76 Å². The maximum absolute atomic E-state index is 13.0. The molecule has 0 spiro atoms. The van der Waals surface area contributed by atoms with Gasteiger partial charge in [0.15, 0.2) is 0 Å². The molecule has 0 bridgehead atoms. The molecular formula is C23H19NO4S. The molecule has 4 rings (SSSR count). The molecule has 5 nitrogen and oxygen atoms in total. The van der Waals surface area contributed by atoms with Crippen molar-refractivity contribution in [1.29, 1.82) is 0 Å². The van der Waals surface area contributed by atoms with Crippen LogP contribution in [-0.2, 0) is 9.59 Å². The number of anilines is 1. The Hall–Kier alpha value is -3.38. The lowest BCUT2D eigenvalue weighted by molar-refractivity contribution is -0.132. The number of benzene rings is 2. The Kier molecular flexibility index (Phi) is 5.18. The second-order valence-corrected chi connectivity index (χ2v) is 7.46. The third-order valence-corrected chi connectivity index (χ3v) is 5.64. The first kappa shape index (κ1) is 19.0. The molecule has 1 aliphatic rings. The number of aliphatic hydroxyl groups is 1. The summed E-state index contributed by atoms with van der Waals surface area (Å²) in [5.74, 6) is -0.938. The van der Waals surface area contributed by atoms with Crippen molar-refractivity contribution < 1.29 is 19.4 Å². The third-order valence-electron chi connectivity index (χ3n) is 4.71. The predicted molar refractivity (Wildman–Crippen MR) is 113 cm³/mol. The first-order valence-corrected chi connectivity index (χ1v) is 10.1. The van der Waals surface area contributed by atoms with Crippen molar-refractivity contribution in [3.63, 3.8) is 0 Å². The summed E-state index contributed by atoms with van der Waals surface area (Å²) < 4.78 is 5.56. The van der Waals surface area contributed by atoms with E-state index in [1.807, 2.05) is 30.5 Å². The van der Waals surface area contributed by atoms with Gasteiger partial charge in [0.1, 0.15) is 17.6 Å². The summed E-state index contributed by atoms with van der Waals surface area (Å²) in [7, 11) is 0. The van der Waals surface area contributed by atoms with Gasteiger partial charge in [0.2, 0.25) is 0 Å². The standard InChI is InChI=1S/C23H19NO4S/c1-2-28-17-11-6-10-16(14-17)24-20(18-12-7-13-29-18)19(22(26)23(24)27)21(25)15-8-4-3-5-9-15/h3-14,20,25H,2H2,1H3/b21-19-. The summed E-state index contributed by atoms with van der Waals surface area (Å²) in [5.41, 5.74) is 1.13. The summed E-state index contributed by atoms with van der Waals surface area (Å²) in [6.45, 7) is 2.37. The maximum Gasteiger partial charge on any atom is 0.300 e. The van der Waals surface area contributed by atoms with E-state index < -0.39 is 17.7 Å². The number of hydrogen-bond acceptors (Lipinski definition) is 5. The molecule has 2 heterocycles. The van der Waals surface area contributed by atoms with Crippen molar-refractivity contribution in [3.8, 4) is 5.75 Å². The lowest BCUT2D eigenvalue weighted by Crippen LogP contribution is -2.29. The van der Waals surface area contributed by atoms with Gasteiger partial charge in [0.25, 0.3) is 11.7 Å². The van der Waals surface area contributed by atoms with Crippen molar-refractivity contribution in [2.45, 2.75) is 13.0 Å². The number of hydrogen-bond donors (Lipinski definition) is 1. The van der Waals surface area contributed by atoms with Crippen molar-refractivity contribution in [1.82, 2.24) is 0 Å². The zero-order valence-electron chi connectivity index (χ0n) is 15.7. The molecule has 29 heavy (non-hydrogen) atoms. The number of ether oxygens (including phenoxy) is 1. The molecule has 146 valence electrons. The fourth-order valence-corrected chi connectivity index (χ4v) is 4.28. The number of Topliss-reactive ketones (excluding diaryl/α,β-unsaturated/α-hetero) is 1. The van der Waals surface area contributed by atoms with Crippen LogP contribution in [0.5, 0.6) is 5.75 Å². The number of thiophene rings is 1. The van der Waals surface area contributed by atoms with Gasteiger partial charge in [-0.3, -0.25) is 14.5 Å². The van der Waals surface area contributed by atoms with Gasteiger partial charge in [-0.05, 0) is 30.5 Å². The van der Waals surface area contributed by atoms with Gasteiger partial charge in [0.05, 0.1) is 12.2 Å². The van der Waals surface area contributed by atoms with E-state index in [2.05, 4.69) is 0 Å². The van der Waals surface area contributed by atoms with E-state index in [0.717, 1.165) is 4.88 Å². The maximum atomic E-state index is 13.0. The minimum atomic E-state index is -0.702. The summed E-state index contributed by atoms with van der Waals surface area (Å²) in [6, 6.07) is 18.9. The molecule has 1 N–H and O–H groups in total. The van der Waals surface area contributed by atoms with Crippen molar-refractivity contribution in [3.05, 3.63) is 88.1 Å². The number of aliphatic hydroxyl groups excluding tert-OH is 1. The van der Waals surface area contributed by atoms with Crippen LogP contribution < -0.4 is 9.64 Å². The number of ketones is 1. The van der Waals surface area contributed by atoms with Gasteiger partial charge in [-0.1, -0.05) is 42.5 Å². The molecule has 1 fully saturated rings. The molecule has 1 saturated heterocycles. The largest absolute Gasteiger partial charge is 0.507 e. The van der Waals surface area contributed by atoms with Crippen LogP contribution in [0, 0.1) is 0 Å². The van der Waals surface area contributed by atoms with E-state index in [9.17, 15) is 14.7 Å². The molecule has 1 atom stereocenters. The molecule has 0 radical (unpaired) electrons. The fraction of sp³-hybridized carbons (Fsp3) is 0.130. The Bertz CT molecular complexity index is 1070. The SMILES string of the molecule is CCOc1cccc(N2C(=O)C(=O)/C(=C(\O)c3ccccc3)C2c2cccs2)c1. The normalized spacial score (nSPS) is 18.2. The lowest BCUT2D eigenvalue weighted by atomic mass is 10.00. The molecule has 1 aliphatic heterocycles. The molecule has 1 unspecified atom stereocenters. The Morgan fingerprint density at radius 1 is 1.07 bits per heavy atom. The van der Waals surface area contributed by atoms with Gasteiger partial charge in [-0.2, -0.15) is 0 Å². The van der Waals surface area contributed by atoms with Crippen LogP contribution in [0.4, 0.5) is 5.69 Å². The van der Waals surface area contributed by atoms with E-state index in [0.29, 0.717) is 23.6 Å². The van der Waals surface area contributed by atoms with Crippen LogP contribution >= 0.6 is 11.3 Å². The number of amides is 1. The number of carbonyl (C=O) groups is 2. The second-order valence-electron chi connectivity index (χ2n) is 6.48. The summed E-state index contributed by atoms with van der Waals surface area (Å²) in [4.78, 5) is 28.2. The van der Waals surface area contributed by atoms with Crippen molar-refractivity contribution >= 4 is 34.5 Å².